The third kappa shape index (κ3) is 5.05. The number of benzene rings is 2. The summed E-state index contributed by atoms with van der Waals surface area (Å²) in [5.74, 6) is 0.840. The van der Waals surface area contributed by atoms with Gasteiger partial charge in [0.05, 0.1) is 11.6 Å². The van der Waals surface area contributed by atoms with Gasteiger partial charge in [-0.2, -0.15) is 10.1 Å². The van der Waals surface area contributed by atoms with Gasteiger partial charge in [0, 0.05) is 11.3 Å². The van der Waals surface area contributed by atoms with Crippen molar-refractivity contribution in [3.8, 4) is 17.5 Å². The Kier molecular flexibility index (Phi) is 6.07. The van der Waals surface area contributed by atoms with Gasteiger partial charge in [0.25, 0.3) is 0 Å². The standard InChI is InChI=1S/C19H14N8OS2/c20-10-13-6-8-14(9-7-13)12-29-19-24-23-18(30-19)21-16(28)11-27-25-17(22-26-27)15-4-2-1-3-5-15/h1-9H,11-12H2,(H,21,23,28). The number of aromatic nitrogens is 6. The molecule has 0 saturated heterocycles. The Bertz CT molecular complexity index is 1180. The lowest BCUT2D eigenvalue weighted by Crippen LogP contribution is -2.20. The molecule has 0 aliphatic heterocycles. The summed E-state index contributed by atoms with van der Waals surface area (Å²) in [4.78, 5) is 13.5. The molecule has 0 radical (unpaired) electrons. The number of carbonyl (C=O) groups is 1. The van der Waals surface area contributed by atoms with Gasteiger partial charge >= 0.3 is 0 Å². The van der Waals surface area contributed by atoms with Gasteiger partial charge in [-0.1, -0.05) is 65.6 Å². The molecule has 30 heavy (non-hydrogen) atoms. The predicted octanol–water partition coefficient (Wildman–Crippen LogP) is 2.99. The van der Waals surface area contributed by atoms with E-state index in [1.165, 1.54) is 27.9 Å². The number of tetrazole rings is 1. The summed E-state index contributed by atoms with van der Waals surface area (Å²) >= 11 is 2.80. The molecular formula is C19H14N8OS2. The second kappa shape index (κ2) is 9.25. The highest BCUT2D eigenvalue weighted by Crippen LogP contribution is 2.28. The predicted molar refractivity (Wildman–Crippen MR) is 113 cm³/mol. The Morgan fingerprint density at radius 2 is 1.90 bits per heavy atom. The second-order valence-corrected chi connectivity index (χ2v) is 8.23. The Hall–Kier alpha value is -3.62. The van der Waals surface area contributed by atoms with E-state index >= 15 is 0 Å². The first-order chi connectivity index (χ1) is 14.7. The lowest BCUT2D eigenvalue weighted by atomic mass is 10.2. The molecule has 2 aromatic heterocycles. The second-order valence-electron chi connectivity index (χ2n) is 6.03. The van der Waals surface area contributed by atoms with E-state index in [-0.39, 0.29) is 12.5 Å². The van der Waals surface area contributed by atoms with Crippen LogP contribution in [0.25, 0.3) is 11.4 Å². The van der Waals surface area contributed by atoms with Crippen LogP contribution in [0.1, 0.15) is 11.1 Å². The number of carbonyl (C=O) groups excluding carboxylic acids is 1. The monoisotopic (exact) mass is 434 g/mol. The summed E-state index contributed by atoms with van der Waals surface area (Å²) in [6.45, 7) is -0.0763. The van der Waals surface area contributed by atoms with Crippen LogP contribution in [0.2, 0.25) is 0 Å². The first-order valence-electron chi connectivity index (χ1n) is 8.78. The summed E-state index contributed by atoms with van der Waals surface area (Å²) in [6, 6.07) is 18.9. The van der Waals surface area contributed by atoms with Crippen LogP contribution < -0.4 is 5.32 Å². The van der Waals surface area contributed by atoms with E-state index in [1.807, 2.05) is 42.5 Å². The van der Waals surface area contributed by atoms with Gasteiger partial charge < -0.3 is 0 Å². The van der Waals surface area contributed by atoms with Crippen LogP contribution in [0.4, 0.5) is 5.13 Å². The van der Waals surface area contributed by atoms with Crippen molar-refractivity contribution in [2.75, 3.05) is 5.32 Å². The zero-order valence-corrected chi connectivity index (χ0v) is 17.1. The largest absolute Gasteiger partial charge is 0.299 e. The zero-order valence-electron chi connectivity index (χ0n) is 15.5. The highest BCUT2D eigenvalue weighted by molar-refractivity contribution is 8.00. The molecular weight excluding hydrogens is 420 g/mol. The molecule has 0 fully saturated rings. The maximum Gasteiger partial charge on any atom is 0.249 e. The van der Waals surface area contributed by atoms with Crippen LogP contribution in [0.15, 0.2) is 58.9 Å². The number of hydrogen-bond acceptors (Lipinski definition) is 9. The minimum atomic E-state index is -0.313. The smallest absolute Gasteiger partial charge is 0.249 e. The maximum absolute atomic E-state index is 12.2. The molecule has 1 amide bonds. The molecule has 0 aliphatic carbocycles. The fourth-order valence-electron chi connectivity index (χ4n) is 2.44. The number of rotatable bonds is 7. The molecule has 0 atom stereocenters. The maximum atomic E-state index is 12.2. The molecule has 4 rings (SSSR count). The molecule has 0 aliphatic rings. The average Bonchev–Trinajstić information content (AvgIpc) is 3.43. The van der Waals surface area contributed by atoms with E-state index in [2.05, 4.69) is 37.0 Å². The normalized spacial score (nSPS) is 10.5. The minimum absolute atomic E-state index is 0.0763. The van der Waals surface area contributed by atoms with E-state index in [1.54, 1.807) is 12.1 Å². The fraction of sp³-hybridized carbons (Fsp3) is 0.105. The Morgan fingerprint density at radius 1 is 1.10 bits per heavy atom. The minimum Gasteiger partial charge on any atom is -0.299 e. The summed E-state index contributed by atoms with van der Waals surface area (Å²) in [6.07, 6.45) is 0. The van der Waals surface area contributed by atoms with Crippen molar-refractivity contribution in [1.82, 2.24) is 30.4 Å². The van der Waals surface area contributed by atoms with Crippen molar-refractivity contribution in [3.63, 3.8) is 0 Å². The van der Waals surface area contributed by atoms with E-state index < -0.39 is 0 Å². The summed E-state index contributed by atoms with van der Waals surface area (Å²) in [5, 5.41) is 32.1. The van der Waals surface area contributed by atoms with Crippen molar-refractivity contribution in [2.24, 2.45) is 0 Å². The van der Waals surface area contributed by atoms with Crippen LogP contribution >= 0.6 is 23.1 Å². The van der Waals surface area contributed by atoms with Gasteiger partial charge in [-0.15, -0.1) is 20.4 Å². The summed E-state index contributed by atoms with van der Waals surface area (Å²) < 4.78 is 0.736. The van der Waals surface area contributed by atoms with E-state index in [0.29, 0.717) is 22.3 Å². The Balaban J connectivity index is 1.29. The van der Waals surface area contributed by atoms with Crippen molar-refractivity contribution in [3.05, 3.63) is 65.7 Å². The van der Waals surface area contributed by atoms with Crippen molar-refractivity contribution in [2.45, 2.75) is 16.6 Å². The molecule has 2 heterocycles. The molecule has 0 unspecified atom stereocenters. The number of amides is 1. The Labute approximate surface area is 179 Å². The van der Waals surface area contributed by atoms with Gasteiger partial charge in [0.2, 0.25) is 16.9 Å². The first-order valence-corrected chi connectivity index (χ1v) is 10.6. The number of hydrogen-bond donors (Lipinski definition) is 1. The lowest BCUT2D eigenvalue weighted by molar-refractivity contribution is -0.117. The lowest BCUT2D eigenvalue weighted by Gasteiger charge is -1.99. The molecule has 148 valence electrons. The van der Waals surface area contributed by atoms with Gasteiger partial charge in [-0.05, 0) is 22.9 Å². The molecule has 1 N–H and O–H groups in total. The van der Waals surface area contributed by atoms with Crippen molar-refractivity contribution in [1.29, 1.82) is 5.26 Å². The molecule has 11 heteroatoms. The van der Waals surface area contributed by atoms with Gasteiger partial charge in [-0.25, -0.2) is 0 Å². The van der Waals surface area contributed by atoms with Crippen LogP contribution in [-0.2, 0) is 17.1 Å². The summed E-state index contributed by atoms with van der Waals surface area (Å²) in [5.41, 5.74) is 2.53. The zero-order chi connectivity index (χ0) is 20.8. The Morgan fingerprint density at radius 3 is 2.67 bits per heavy atom. The molecule has 0 saturated carbocycles. The number of nitrogens with one attached hydrogen (secondary N) is 1. The molecule has 4 aromatic rings. The third-order valence-electron chi connectivity index (χ3n) is 3.87. The van der Waals surface area contributed by atoms with Crippen LogP contribution in [0, 0.1) is 11.3 Å². The highest BCUT2D eigenvalue weighted by Gasteiger charge is 2.12. The molecule has 0 spiro atoms. The summed E-state index contributed by atoms with van der Waals surface area (Å²) in [7, 11) is 0. The fourth-order valence-corrected chi connectivity index (χ4v) is 4.16. The molecule has 2 aromatic carbocycles. The van der Waals surface area contributed by atoms with E-state index in [0.717, 1.165) is 15.5 Å². The molecule has 9 nitrogen and oxygen atoms in total. The number of anilines is 1. The molecule has 0 bridgehead atoms. The SMILES string of the molecule is N#Cc1ccc(CSc2nnc(NC(=O)Cn3nnc(-c4ccccc4)n3)s2)cc1. The highest BCUT2D eigenvalue weighted by atomic mass is 32.2. The number of nitriles is 1. The third-order valence-corrected chi connectivity index (χ3v) is 5.91. The van der Waals surface area contributed by atoms with Gasteiger partial charge in [0.15, 0.2) is 4.34 Å². The number of thioether (sulfide) groups is 1. The van der Waals surface area contributed by atoms with E-state index in [9.17, 15) is 4.79 Å². The topological polar surface area (TPSA) is 122 Å². The van der Waals surface area contributed by atoms with Crippen molar-refractivity contribution >= 4 is 34.1 Å². The van der Waals surface area contributed by atoms with E-state index in [4.69, 9.17) is 5.26 Å². The van der Waals surface area contributed by atoms with Crippen LogP contribution in [-0.4, -0.2) is 36.3 Å². The quantitative estimate of drug-likeness (QED) is 0.348. The van der Waals surface area contributed by atoms with Gasteiger partial charge in [-0.3, -0.25) is 10.1 Å². The number of nitrogens with zero attached hydrogens (tertiary/aromatic N) is 7. The first kappa shape index (κ1) is 19.7. The van der Waals surface area contributed by atoms with Crippen LogP contribution in [0.5, 0.6) is 0 Å². The van der Waals surface area contributed by atoms with Crippen LogP contribution in [0.3, 0.4) is 0 Å². The van der Waals surface area contributed by atoms with Gasteiger partial charge in [0.1, 0.15) is 6.54 Å². The van der Waals surface area contributed by atoms with Crippen molar-refractivity contribution < 1.29 is 4.79 Å². The average molecular weight is 435 g/mol.